The molecule has 0 spiro atoms. The van der Waals surface area contributed by atoms with Crippen LogP contribution in [0.5, 0.6) is 0 Å². The zero-order chi connectivity index (χ0) is 9.52. The van der Waals surface area contributed by atoms with E-state index >= 15 is 0 Å². The summed E-state index contributed by atoms with van der Waals surface area (Å²) in [5, 5.41) is 0. The van der Waals surface area contributed by atoms with Crippen molar-refractivity contribution >= 4 is 0 Å². The molecule has 1 rings (SSSR count). The number of benzene rings is 1. The van der Waals surface area contributed by atoms with Gasteiger partial charge in [-0.25, -0.2) is 0 Å². The van der Waals surface area contributed by atoms with Gasteiger partial charge >= 0.3 is 0 Å². The number of ether oxygens (including phenoxy) is 2. The van der Waals surface area contributed by atoms with E-state index in [9.17, 15) is 0 Å². The number of hydrogen-bond acceptors (Lipinski definition) is 2. The van der Waals surface area contributed by atoms with E-state index < -0.39 is 0 Å². The molecule has 0 aromatic heterocycles. The van der Waals surface area contributed by atoms with Gasteiger partial charge in [-0.3, -0.25) is 0 Å². The van der Waals surface area contributed by atoms with E-state index in [0.29, 0.717) is 13.2 Å². The van der Waals surface area contributed by atoms with Crippen LogP contribution in [0.1, 0.15) is 12.5 Å². The predicted octanol–water partition coefficient (Wildman–Crippen LogP) is 2.24. The average Bonchev–Trinajstić information content (AvgIpc) is 2.19. The van der Waals surface area contributed by atoms with Crippen LogP contribution in [0.4, 0.5) is 0 Å². The van der Waals surface area contributed by atoms with Gasteiger partial charge in [-0.05, 0) is 12.5 Å². The third kappa shape index (κ3) is 4.06. The molecule has 0 aliphatic rings. The maximum absolute atomic E-state index is 5.45. The summed E-state index contributed by atoms with van der Waals surface area (Å²) in [4.78, 5) is 0. The van der Waals surface area contributed by atoms with Crippen molar-refractivity contribution in [2.45, 2.75) is 19.6 Å². The monoisotopic (exact) mass is 180 g/mol. The minimum Gasteiger partial charge on any atom is -0.379 e. The number of methoxy groups -OCH3 is 1. The normalized spacial score (nSPS) is 12.8. The first-order chi connectivity index (χ1) is 6.33. The molecule has 1 atom stereocenters. The molecule has 0 saturated carbocycles. The van der Waals surface area contributed by atoms with Gasteiger partial charge < -0.3 is 9.47 Å². The molecule has 0 aliphatic heterocycles. The molecule has 1 aromatic rings. The fourth-order valence-electron chi connectivity index (χ4n) is 0.985. The van der Waals surface area contributed by atoms with Gasteiger partial charge in [0.2, 0.25) is 0 Å². The van der Waals surface area contributed by atoms with Crippen molar-refractivity contribution < 1.29 is 9.47 Å². The summed E-state index contributed by atoms with van der Waals surface area (Å²) in [6, 6.07) is 10.1. The van der Waals surface area contributed by atoms with Crippen molar-refractivity contribution in [3.8, 4) is 0 Å². The second-order valence-electron chi connectivity index (χ2n) is 3.05. The minimum atomic E-state index is 0.170. The summed E-state index contributed by atoms with van der Waals surface area (Å²) < 4.78 is 10.5. The Bertz CT molecular complexity index is 221. The summed E-state index contributed by atoms with van der Waals surface area (Å²) in [6.07, 6.45) is 0.170. The van der Waals surface area contributed by atoms with E-state index in [1.807, 2.05) is 25.1 Å². The Labute approximate surface area is 79.5 Å². The first-order valence-corrected chi connectivity index (χ1v) is 4.47. The highest BCUT2D eigenvalue weighted by Gasteiger charge is 1.98. The number of rotatable bonds is 5. The summed E-state index contributed by atoms with van der Waals surface area (Å²) >= 11 is 0. The summed E-state index contributed by atoms with van der Waals surface area (Å²) in [5.41, 5.74) is 1.20. The van der Waals surface area contributed by atoms with Crippen LogP contribution in [0, 0.1) is 0 Å². The van der Waals surface area contributed by atoms with Crippen LogP contribution in [-0.2, 0) is 16.1 Å². The van der Waals surface area contributed by atoms with Crippen molar-refractivity contribution in [2.75, 3.05) is 13.7 Å². The van der Waals surface area contributed by atoms with Crippen molar-refractivity contribution in [3.63, 3.8) is 0 Å². The Morgan fingerprint density at radius 3 is 2.54 bits per heavy atom. The van der Waals surface area contributed by atoms with Crippen LogP contribution in [0.25, 0.3) is 0 Å². The highest BCUT2D eigenvalue weighted by Crippen LogP contribution is 2.01. The van der Waals surface area contributed by atoms with E-state index in [-0.39, 0.29) is 6.10 Å². The van der Waals surface area contributed by atoms with E-state index in [1.165, 1.54) is 5.56 Å². The van der Waals surface area contributed by atoms with Gasteiger partial charge in [0.1, 0.15) is 0 Å². The van der Waals surface area contributed by atoms with Crippen LogP contribution < -0.4 is 0 Å². The summed E-state index contributed by atoms with van der Waals surface area (Å²) in [6.45, 7) is 3.30. The van der Waals surface area contributed by atoms with E-state index in [2.05, 4.69) is 12.1 Å². The Morgan fingerprint density at radius 2 is 1.92 bits per heavy atom. The highest BCUT2D eigenvalue weighted by atomic mass is 16.5. The molecule has 0 unspecified atom stereocenters. The first-order valence-electron chi connectivity index (χ1n) is 4.47. The molecule has 0 fully saturated rings. The van der Waals surface area contributed by atoms with Gasteiger partial charge in [0.25, 0.3) is 0 Å². The van der Waals surface area contributed by atoms with Crippen molar-refractivity contribution in [3.05, 3.63) is 35.9 Å². The standard InChI is InChI=1S/C11H16O2/c1-10(12-2)8-13-9-11-6-4-3-5-7-11/h3-7,10H,8-9H2,1-2H3/t10-/m0/s1. The fourth-order valence-corrected chi connectivity index (χ4v) is 0.985. The lowest BCUT2D eigenvalue weighted by molar-refractivity contribution is 0.0117. The van der Waals surface area contributed by atoms with Crippen molar-refractivity contribution in [1.29, 1.82) is 0 Å². The zero-order valence-corrected chi connectivity index (χ0v) is 8.19. The van der Waals surface area contributed by atoms with Gasteiger partial charge in [-0.2, -0.15) is 0 Å². The molecule has 0 aliphatic carbocycles. The molecule has 0 amide bonds. The molecule has 13 heavy (non-hydrogen) atoms. The smallest absolute Gasteiger partial charge is 0.0776 e. The van der Waals surface area contributed by atoms with E-state index in [4.69, 9.17) is 9.47 Å². The lowest BCUT2D eigenvalue weighted by Crippen LogP contribution is -2.13. The van der Waals surface area contributed by atoms with Crippen LogP contribution in [-0.4, -0.2) is 19.8 Å². The fraction of sp³-hybridized carbons (Fsp3) is 0.455. The Balaban J connectivity index is 2.20. The SMILES string of the molecule is CO[C@@H](C)COCc1ccccc1. The average molecular weight is 180 g/mol. The first kappa shape index (κ1) is 10.2. The third-order valence-corrected chi connectivity index (χ3v) is 1.87. The predicted molar refractivity (Wildman–Crippen MR) is 52.6 cm³/mol. The van der Waals surface area contributed by atoms with E-state index in [0.717, 1.165) is 0 Å². The van der Waals surface area contributed by atoms with E-state index in [1.54, 1.807) is 7.11 Å². The summed E-state index contributed by atoms with van der Waals surface area (Å²) in [7, 11) is 1.69. The van der Waals surface area contributed by atoms with Gasteiger partial charge in [-0.15, -0.1) is 0 Å². The van der Waals surface area contributed by atoms with Gasteiger partial charge in [0.05, 0.1) is 19.3 Å². The second kappa shape index (κ2) is 5.73. The van der Waals surface area contributed by atoms with Crippen LogP contribution >= 0.6 is 0 Å². The highest BCUT2D eigenvalue weighted by molar-refractivity contribution is 5.13. The Morgan fingerprint density at radius 1 is 1.23 bits per heavy atom. The second-order valence-corrected chi connectivity index (χ2v) is 3.05. The van der Waals surface area contributed by atoms with Gasteiger partial charge in [0, 0.05) is 7.11 Å². The molecule has 1 aromatic carbocycles. The molecule has 0 N–H and O–H groups in total. The molecule has 2 nitrogen and oxygen atoms in total. The molecular formula is C11H16O2. The van der Waals surface area contributed by atoms with Crippen LogP contribution in [0.2, 0.25) is 0 Å². The van der Waals surface area contributed by atoms with Crippen molar-refractivity contribution in [1.82, 2.24) is 0 Å². The molecule has 0 bridgehead atoms. The Hall–Kier alpha value is -0.860. The zero-order valence-electron chi connectivity index (χ0n) is 8.19. The third-order valence-electron chi connectivity index (χ3n) is 1.87. The number of hydrogen-bond donors (Lipinski definition) is 0. The van der Waals surface area contributed by atoms with Gasteiger partial charge in [-0.1, -0.05) is 30.3 Å². The lowest BCUT2D eigenvalue weighted by Gasteiger charge is -2.09. The van der Waals surface area contributed by atoms with Crippen LogP contribution in [0.15, 0.2) is 30.3 Å². The quantitative estimate of drug-likeness (QED) is 0.691. The largest absolute Gasteiger partial charge is 0.379 e. The topological polar surface area (TPSA) is 18.5 Å². The lowest BCUT2D eigenvalue weighted by atomic mass is 10.2. The molecule has 72 valence electrons. The molecule has 0 saturated heterocycles. The molecule has 0 heterocycles. The maximum Gasteiger partial charge on any atom is 0.0776 e. The molecular weight excluding hydrogens is 164 g/mol. The Kier molecular flexibility index (Phi) is 4.50. The maximum atomic E-state index is 5.45. The van der Waals surface area contributed by atoms with Crippen LogP contribution in [0.3, 0.4) is 0 Å². The molecule has 2 heteroatoms. The molecule has 0 radical (unpaired) electrons. The minimum absolute atomic E-state index is 0.170. The van der Waals surface area contributed by atoms with Gasteiger partial charge in [0.15, 0.2) is 0 Å². The summed E-state index contributed by atoms with van der Waals surface area (Å²) in [5.74, 6) is 0. The van der Waals surface area contributed by atoms with Crippen molar-refractivity contribution in [2.24, 2.45) is 0 Å².